The first-order valence-corrected chi connectivity index (χ1v) is 3.92. The number of hydrogen-bond acceptors (Lipinski definition) is 3. The van der Waals surface area contributed by atoms with Gasteiger partial charge in [0.15, 0.2) is 0 Å². The molecule has 0 aliphatic carbocycles. The second-order valence-corrected chi connectivity index (χ2v) is 2.00. The van der Waals surface area contributed by atoms with Crippen molar-refractivity contribution >= 4 is 0 Å². The summed E-state index contributed by atoms with van der Waals surface area (Å²) in [6.45, 7) is 4.43. The summed E-state index contributed by atoms with van der Waals surface area (Å²) >= 11 is -1.81. The van der Waals surface area contributed by atoms with Crippen molar-refractivity contribution in [3.63, 3.8) is 0 Å². The molecule has 0 heterocycles. The van der Waals surface area contributed by atoms with Crippen LogP contribution in [0.1, 0.15) is 20.3 Å². The molecule has 1 N–H and O–H groups in total. The summed E-state index contributed by atoms with van der Waals surface area (Å²) in [5.41, 5.74) is 0. The van der Waals surface area contributed by atoms with Gasteiger partial charge < -0.3 is 5.11 Å². The first kappa shape index (κ1) is 11.9. The molecule has 0 rings (SSSR count). The van der Waals surface area contributed by atoms with E-state index in [4.69, 9.17) is 12.5 Å². The Bertz CT molecular complexity index is 74.3. The third kappa shape index (κ3) is 17.9. The maximum absolute atomic E-state index is 8.47. The fourth-order valence-corrected chi connectivity index (χ4v) is 0.129. The topological polar surface area (TPSA) is 54.4 Å². The van der Waals surface area contributed by atoms with E-state index < -0.39 is 16.2 Å². The second kappa shape index (κ2) is 11.0. The van der Waals surface area contributed by atoms with Crippen LogP contribution in [0, 0.1) is 5.92 Å². The van der Waals surface area contributed by atoms with Crippen LogP contribution in [0.5, 0.6) is 0 Å². The Morgan fingerprint density at radius 1 is 1.56 bits per heavy atom. The summed E-state index contributed by atoms with van der Waals surface area (Å²) in [6, 6.07) is 0. The molecular formula is C5H12O3V. The standard InChI is InChI=1S/C5H12O.2O.V/c1-3-5(2)4-6;;;/h5-6H,3-4H2,1-2H3;;;. The van der Waals surface area contributed by atoms with Crippen molar-refractivity contribution < 1.29 is 28.6 Å². The molecule has 0 bridgehead atoms. The zero-order valence-corrected chi connectivity index (χ0v) is 7.10. The van der Waals surface area contributed by atoms with Gasteiger partial charge in [0.25, 0.3) is 0 Å². The van der Waals surface area contributed by atoms with E-state index in [0.29, 0.717) is 12.5 Å². The van der Waals surface area contributed by atoms with E-state index in [0.717, 1.165) is 6.42 Å². The molecule has 0 saturated heterocycles. The fraction of sp³-hybridized carbons (Fsp3) is 1.00. The number of hydrogen-bond donors (Lipinski definition) is 1. The summed E-state index contributed by atoms with van der Waals surface area (Å²) < 4.78 is 16.9. The molecule has 9 heavy (non-hydrogen) atoms. The molecule has 55 valence electrons. The van der Waals surface area contributed by atoms with E-state index >= 15 is 0 Å². The predicted molar refractivity (Wildman–Crippen MR) is 27.9 cm³/mol. The first-order chi connectivity index (χ1) is 4.22. The molecule has 0 aromatic rings. The SMILES string of the molecule is CCC(C)CO.[O]=[V]=[O]. The van der Waals surface area contributed by atoms with Crippen LogP contribution < -0.4 is 0 Å². The molecule has 0 aromatic heterocycles. The van der Waals surface area contributed by atoms with Gasteiger partial charge in [-0.05, 0) is 5.92 Å². The number of aliphatic hydroxyl groups is 1. The fourth-order valence-electron chi connectivity index (χ4n) is 0.129. The van der Waals surface area contributed by atoms with E-state index in [-0.39, 0.29) is 0 Å². The molecule has 4 heteroatoms. The van der Waals surface area contributed by atoms with Gasteiger partial charge in [0, 0.05) is 6.61 Å². The van der Waals surface area contributed by atoms with Crippen molar-refractivity contribution in [1.82, 2.24) is 0 Å². The van der Waals surface area contributed by atoms with Crippen molar-refractivity contribution in [3.8, 4) is 0 Å². The maximum atomic E-state index is 8.47. The van der Waals surface area contributed by atoms with Crippen molar-refractivity contribution in [1.29, 1.82) is 0 Å². The average Bonchev–Trinajstić information content (AvgIpc) is 1.88. The normalized spacial score (nSPS) is 10.6. The summed E-state index contributed by atoms with van der Waals surface area (Å²) in [6.07, 6.45) is 1.08. The molecule has 1 unspecified atom stereocenters. The first-order valence-electron chi connectivity index (χ1n) is 2.78. The van der Waals surface area contributed by atoms with Gasteiger partial charge in [0.1, 0.15) is 0 Å². The molecular weight excluding hydrogens is 159 g/mol. The van der Waals surface area contributed by atoms with E-state index in [9.17, 15) is 0 Å². The Morgan fingerprint density at radius 3 is 1.89 bits per heavy atom. The Hall–Kier alpha value is 0.144. The second-order valence-electron chi connectivity index (χ2n) is 1.77. The van der Waals surface area contributed by atoms with Gasteiger partial charge in [-0.15, -0.1) is 0 Å². The summed E-state index contributed by atoms with van der Waals surface area (Å²) in [5.74, 6) is 0.491. The van der Waals surface area contributed by atoms with Gasteiger partial charge in [-0.2, -0.15) is 0 Å². The Balaban J connectivity index is 0. The molecule has 1 atom stereocenters. The Labute approximate surface area is 62.0 Å². The third-order valence-corrected chi connectivity index (χ3v) is 1.01. The zero-order valence-electron chi connectivity index (χ0n) is 5.70. The van der Waals surface area contributed by atoms with Crippen LogP contribution in [-0.4, -0.2) is 11.7 Å². The van der Waals surface area contributed by atoms with E-state index in [2.05, 4.69) is 6.92 Å². The molecule has 0 aliphatic rings. The van der Waals surface area contributed by atoms with Crippen LogP contribution in [0.25, 0.3) is 0 Å². The molecule has 0 aliphatic heterocycles. The Kier molecular flexibility index (Phi) is 14.5. The third-order valence-electron chi connectivity index (χ3n) is 1.01. The molecule has 0 radical (unpaired) electrons. The number of aliphatic hydroxyl groups excluding tert-OH is 1. The number of rotatable bonds is 2. The predicted octanol–water partition coefficient (Wildman–Crippen LogP) is 0.785. The van der Waals surface area contributed by atoms with Crippen LogP contribution in [-0.2, 0) is 23.5 Å². The van der Waals surface area contributed by atoms with Gasteiger partial charge in [-0.1, -0.05) is 20.3 Å². The quantitative estimate of drug-likeness (QED) is 0.668. The van der Waals surface area contributed by atoms with Gasteiger partial charge >= 0.3 is 23.5 Å². The monoisotopic (exact) mass is 171 g/mol. The molecule has 0 fully saturated rings. The molecule has 0 amide bonds. The van der Waals surface area contributed by atoms with E-state index in [1.807, 2.05) is 6.92 Å². The zero-order chi connectivity index (χ0) is 7.70. The van der Waals surface area contributed by atoms with Crippen LogP contribution in [0.4, 0.5) is 0 Å². The molecule has 0 spiro atoms. The van der Waals surface area contributed by atoms with Gasteiger partial charge in [-0.3, -0.25) is 0 Å². The molecule has 0 aromatic carbocycles. The van der Waals surface area contributed by atoms with Crippen LogP contribution >= 0.6 is 0 Å². The van der Waals surface area contributed by atoms with Gasteiger partial charge in [0.05, 0.1) is 0 Å². The minimum atomic E-state index is -1.81. The summed E-state index contributed by atoms with van der Waals surface area (Å²) in [4.78, 5) is 0. The van der Waals surface area contributed by atoms with Crippen LogP contribution in [0.15, 0.2) is 0 Å². The van der Waals surface area contributed by atoms with Crippen LogP contribution in [0.2, 0.25) is 0 Å². The van der Waals surface area contributed by atoms with Crippen molar-refractivity contribution in [3.05, 3.63) is 0 Å². The van der Waals surface area contributed by atoms with Crippen molar-refractivity contribution in [2.24, 2.45) is 5.92 Å². The van der Waals surface area contributed by atoms with Crippen molar-refractivity contribution in [2.45, 2.75) is 20.3 Å². The summed E-state index contributed by atoms with van der Waals surface area (Å²) in [5, 5.41) is 8.33. The molecule has 3 nitrogen and oxygen atoms in total. The van der Waals surface area contributed by atoms with E-state index in [1.165, 1.54) is 0 Å². The molecule has 0 saturated carbocycles. The van der Waals surface area contributed by atoms with E-state index in [1.54, 1.807) is 0 Å². The Morgan fingerprint density at radius 2 is 1.89 bits per heavy atom. The average molecular weight is 171 g/mol. The van der Waals surface area contributed by atoms with Gasteiger partial charge in [-0.25, -0.2) is 0 Å². The summed E-state index contributed by atoms with van der Waals surface area (Å²) in [7, 11) is 0. The van der Waals surface area contributed by atoms with Gasteiger partial charge in [0.2, 0.25) is 0 Å². The van der Waals surface area contributed by atoms with Crippen molar-refractivity contribution in [2.75, 3.05) is 6.61 Å². The van der Waals surface area contributed by atoms with Crippen LogP contribution in [0.3, 0.4) is 0 Å². The minimum absolute atomic E-state index is 0.330.